The molecule has 0 radical (unpaired) electrons. The number of carbonyl (C=O) groups excluding carboxylic acids is 1. The number of hydrogen-bond donors (Lipinski definition) is 2. The van der Waals surface area contributed by atoms with E-state index < -0.39 is 0 Å². The predicted molar refractivity (Wildman–Crippen MR) is 103 cm³/mol. The zero-order chi connectivity index (χ0) is 19.2. The van der Waals surface area contributed by atoms with Crippen molar-refractivity contribution in [2.45, 2.75) is 65.0 Å². The summed E-state index contributed by atoms with van der Waals surface area (Å²) >= 11 is 0. The van der Waals surface area contributed by atoms with Crippen molar-refractivity contribution in [3.05, 3.63) is 36.0 Å². The Morgan fingerprint density at radius 3 is 2.63 bits per heavy atom. The van der Waals surface area contributed by atoms with Crippen molar-refractivity contribution in [3.63, 3.8) is 0 Å². The minimum atomic E-state index is -0.195. The van der Waals surface area contributed by atoms with Gasteiger partial charge in [-0.3, -0.25) is 0 Å². The van der Waals surface area contributed by atoms with E-state index in [9.17, 15) is 4.79 Å². The van der Waals surface area contributed by atoms with E-state index in [2.05, 4.69) is 34.6 Å². The van der Waals surface area contributed by atoms with Gasteiger partial charge in [0.1, 0.15) is 5.75 Å². The second-order valence-electron chi connectivity index (χ2n) is 7.61. The Balaban J connectivity index is 1.41. The van der Waals surface area contributed by atoms with Crippen LogP contribution in [0.4, 0.5) is 10.5 Å². The maximum absolute atomic E-state index is 12.0. The maximum atomic E-state index is 12.0. The van der Waals surface area contributed by atoms with Gasteiger partial charge in [0, 0.05) is 17.6 Å². The first kappa shape index (κ1) is 19.2. The van der Waals surface area contributed by atoms with Crippen molar-refractivity contribution >= 4 is 11.7 Å². The van der Waals surface area contributed by atoms with Gasteiger partial charge in [-0.25, -0.2) is 4.79 Å². The molecule has 3 rings (SSSR count). The van der Waals surface area contributed by atoms with Crippen LogP contribution in [0.5, 0.6) is 5.75 Å². The molecule has 0 spiro atoms. The fraction of sp³-hybridized carbons (Fsp3) is 0.550. The summed E-state index contributed by atoms with van der Waals surface area (Å²) in [5, 5.41) is 9.72. The van der Waals surface area contributed by atoms with Crippen molar-refractivity contribution in [2.75, 3.05) is 5.32 Å². The van der Waals surface area contributed by atoms with Crippen molar-refractivity contribution in [1.29, 1.82) is 0 Å². The molecule has 7 heteroatoms. The topological polar surface area (TPSA) is 89.3 Å². The normalized spacial score (nSPS) is 14.8. The van der Waals surface area contributed by atoms with Gasteiger partial charge in [-0.2, -0.15) is 4.98 Å². The molecule has 2 aromatic rings. The molecule has 7 nitrogen and oxygen atoms in total. The molecule has 146 valence electrons. The van der Waals surface area contributed by atoms with E-state index in [1.54, 1.807) is 24.3 Å². The number of carbonyl (C=O) groups is 1. The zero-order valence-electron chi connectivity index (χ0n) is 16.2. The van der Waals surface area contributed by atoms with Crippen LogP contribution in [0.25, 0.3) is 0 Å². The summed E-state index contributed by atoms with van der Waals surface area (Å²) in [6, 6.07) is 7.17. The fourth-order valence-electron chi connectivity index (χ4n) is 2.65. The summed E-state index contributed by atoms with van der Waals surface area (Å²) in [5.41, 5.74) is 0.714. The van der Waals surface area contributed by atoms with Crippen molar-refractivity contribution in [1.82, 2.24) is 15.5 Å². The lowest BCUT2D eigenvalue weighted by atomic mass is 10.0. The molecule has 0 aliphatic heterocycles. The number of rotatable bonds is 9. The average Bonchev–Trinajstić information content (AvgIpc) is 3.38. The number of amides is 2. The first-order chi connectivity index (χ1) is 13.0. The van der Waals surface area contributed by atoms with E-state index in [1.807, 2.05) is 6.92 Å². The van der Waals surface area contributed by atoms with Crippen LogP contribution in [0.2, 0.25) is 0 Å². The van der Waals surface area contributed by atoms with E-state index in [1.165, 1.54) is 0 Å². The largest absolute Gasteiger partial charge is 0.485 e. The molecule has 1 unspecified atom stereocenters. The standard InChI is InChI=1S/C20H28N4O3/c1-13(2)4-5-14(3)21-20(25)22-16-8-10-17(11-9-16)26-12-18-23-19(27-24-18)15-6-7-15/h8-11,13-15H,4-7,12H2,1-3H3,(H2,21,22,25). The Bertz CT molecular complexity index is 738. The molecule has 2 N–H and O–H groups in total. The van der Waals surface area contributed by atoms with Gasteiger partial charge < -0.3 is 19.9 Å². The molecular weight excluding hydrogens is 344 g/mol. The Morgan fingerprint density at radius 2 is 1.96 bits per heavy atom. The van der Waals surface area contributed by atoms with Crippen LogP contribution in [0.1, 0.15) is 64.1 Å². The molecule has 1 aromatic heterocycles. The summed E-state index contributed by atoms with van der Waals surface area (Å²) in [7, 11) is 0. The Kier molecular flexibility index (Phi) is 6.32. The van der Waals surface area contributed by atoms with Crippen LogP contribution < -0.4 is 15.4 Å². The number of urea groups is 1. The van der Waals surface area contributed by atoms with E-state index in [-0.39, 0.29) is 18.7 Å². The van der Waals surface area contributed by atoms with Gasteiger partial charge in [0.25, 0.3) is 0 Å². The van der Waals surface area contributed by atoms with E-state index >= 15 is 0 Å². The average molecular weight is 372 g/mol. The third kappa shape index (κ3) is 6.27. The van der Waals surface area contributed by atoms with Gasteiger partial charge in [-0.15, -0.1) is 0 Å². The van der Waals surface area contributed by atoms with Crippen molar-refractivity contribution in [3.8, 4) is 5.75 Å². The molecule has 0 saturated heterocycles. The van der Waals surface area contributed by atoms with E-state index in [0.29, 0.717) is 35.0 Å². The number of aromatic nitrogens is 2. The van der Waals surface area contributed by atoms with Crippen LogP contribution in [-0.4, -0.2) is 22.2 Å². The molecule has 1 aliphatic carbocycles. The fourth-order valence-corrected chi connectivity index (χ4v) is 2.65. The van der Waals surface area contributed by atoms with Crippen LogP contribution in [0.15, 0.2) is 28.8 Å². The molecule has 1 saturated carbocycles. The second-order valence-corrected chi connectivity index (χ2v) is 7.61. The first-order valence-electron chi connectivity index (χ1n) is 9.62. The molecule has 1 atom stereocenters. The summed E-state index contributed by atoms with van der Waals surface area (Å²) in [6.07, 6.45) is 4.31. The van der Waals surface area contributed by atoms with Gasteiger partial charge in [-0.1, -0.05) is 19.0 Å². The minimum absolute atomic E-state index is 0.144. The lowest BCUT2D eigenvalue weighted by Gasteiger charge is -2.15. The second kappa shape index (κ2) is 8.88. The predicted octanol–water partition coefficient (Wildman–Crippen LogP) is 4.47. The number of nitrogens with one attached hydrogen (secondary N) is 2. The summed E-state index contributed by atoms with van der Waals surface area (Å²) in [4.78, 5) is 16.4. The zero-order valence-corrected chi connectivity index (χ0v) is 16.2. The third-order valence-electron chi connectivity index (χ3n) is 4.45. The summed E-state index contributed by atoms with van der Waals surface area (Å²) in [5.74, 6) is 3.02. The Morgan fingerprint density at radius 1 is 1.22 bits per heavy atom. The van der Waals surface area contributed by atoms with Gasteiger partial charge in [0.2, 0.25) is 11.7 Å². The highest BCUT2D eigenvalue weighted by atomic mass is 16.5. The molecule has 1 aromatic carbocycles. The van der Waals surface area contributed by atoms with Gasteiger partial charge in [-0.05, 0) is 62.8 Å². The quantitative estimate of drug-likeness (QED) is 0.678. The molecule has 0 bridgehead atoms. The van der Waals surface area contributed by atoms with Crippen LogP contribution in [0.3, 0.4) is 0 Å². The van der Waals surface area contributed by atoms with Crippen LogP contribution in [-0.2, 0) is 6.61 Å². The monoisotopic (exact) mass is 372 g/mol. The summed E-state index contributed by atoms with van der Waals surface area (Å²) in [6.45, 7) is 6.64. The number of anilines is 1. The number of ether oxygens (including phenoxy) is 1. The minimum Gasteiger partial charge on any atom is -0.485 e. The van der Waals surface area contributed by atoms with Gasteiger partial charge in [0.05, 0.1) is 0 Å². The van der Waals surface area contributed by atoms with Crippen molar-refractivity contribution < 1.29 is 14.1 Å². The molecule has 1 heterocycles. The van der Waals surface area contributed by atoms with E-state index in [0.717, 1.165) is 25.7 Å². The SMILES string of the molecule is CC(C)CCC(C)NC(=O)Nc1ccc(OCc2noc(C3CC3)n2)cc1. The Labute approximate surface area is 159 Å². The molecular formula is C20H28N4O3. The van der Waals surface area contributed by atoms with Crippen molar-refractivity contribution in [2.24, 2.45) is 5.92 Å². The Hall–Kier alpha value is -2.57. The number of benzene rings is 1. The number of nitrogens with zero attached hydrogens (tertiary/aromatic N) is 2. The lowest BCUT2D eigenvalue weighted by Crippen LogP contribution is -2.36. The third-order valence-corrected chi connectivity index (χ3v) is 4.45. The first-order valence-corrected chi connectivity index (χ1v) is 9.62. The highest BCUT2D eigenvalue weighted by molar-refractivity contribution is 5.89. The highest BCUT2D eigenvalue weighted by Crippen LogP contribution is 2.38. The molecule has 27 heavy (non-hydrogen) atoms. The smallest absolute Gasteiger partial charge is 0.319 e. The maximum Gasteiger partial charge on any atom is 0.319 e. The highest BCUT2D eigenvalue weighted by Gasteiger charge is 2.29. The number of hydrogen-bond acceptors (Lipinski definition) is 5. The summed E-state index contributed by atoms with van der Waals surface area (Å²) < 4.78 is 10.9. The van der Waals surface area contributed by atoms with Gasteiger partial charge >= 0.3 is 6.03 Å². The molecule has 1 aliphatic rings. The molecule has 2 amide bonds. The van der Waals surface area contributed by atoms with Crippen LogP contribution >= 0.6 is 0 Å². The van der Waals surface area contributed by atoms with Gasteiger partial charge in [0.15, 0.2) is 6.61 Å². The molecule has 1 fully saturated rings. The van der Waals surface area contributed by atoms with E-state index in [4.69, 9.17) is 9.26 Å². The van der Waals surface area contributed by atoms with Crippen LogP contribution in [0, 0.1) is 5.92 Å². The lowest BCUT2D eigenvalue weighted by molar-refractivity contribution is 0.248.